The molecule has 0 radical (unpaired) electrons. The lowest BCUT2D eigenvalue weighted by Gasteiger charge is -2.37. The molecule has 122 valence electrons. The maximum Gasteiger partial charge on any atom is 0.128 e. The molecule has 2 fully saturated rings. The highest BCUT2D eigenvalue weighted by atomic mass is 15.2. The summed E-state index contributed by atoms with van der Waals surface area (Å²) < 4.78 is 0. The third kappa shape index (κ3) is 3.45. The van der Waals surface area contributed by atoms with Crippen LogP contribution in [0.5, 0.6) is 0 Å². The summed E-state index contributed by atoms with van der Waals surface area (Å²) in [5.74, 6) is 1.19. The van der Waals surface area contributed by atoms with Gasteiger partial charge in [-0.2, -0.15) is 0 Å². The van der Waals surface area contributed by atoms with E-state index in [1.165, 1.54) is 88.1 Å². The van der Waals surface area contributed by atoms with Crippen molar-refractivity contribution in [1.29, 1.82) is 0 Å². The zero-order valence-corrected chi connectivity index (χ0v) is 14.4. The van der Waals surface area contributed by atoms with E-state index >= 15 is 0 Å². The number of aryl methyl sites for hydroxylation is 1. The molecule has 1 aromatic heterocycles. The van der Waals surface area contributed by atoms with E-state index < -0.39 is 0 Å². The van der Waals surface area contributed by atoms with Gasteiger partial charge in [0.15, 0.2) is 0 Å². The molecule has 0 saturated carbocycles. The van der Waals surface area contributed by atoms with Crippen LogP contribution in [0.25, 0.3) is 0 Å². The van der Waals surface area contributed by atoms with Gasteiger partial charge in [0.25, 0.3) is 0 Å². The predicted molar refractivity (Wildman–Crippen MR) is 93.5 cm³/mol. The van der Waals surface area contributed by atoms with Gasteiger partial charge in [0.2, 0.25) is 0 Å². The van der Waals surface area contributed by atoms with Crippen molar-refractivity contribution in [2.75, 3.05) is 31.1 Å². The van der Waals surface area contributed by atoms with Crippen molar-refractivity contribution in [2.24, 2.45) is 0 Å². The van der Waals surface area contributed by atoms with Gasteiger partial charge in [-0.15, -0.1) is 0 Å². The molecule has 3 nitrogen and oxygen atoms in total. The van der Waals surface area contributed by atoms with Gasteiger partial charge in [-0.25, -0.2) is 4.98 Å². The van der Waals surface area contributed by atoms with E-state index in [1.807, 2.05) is 0 Å². The third-order valence-electron chi connectivity index (χ3n) is 5.30. The van der Waals surface area contributed by atoms with E-state index in [4.69, 9.17) is 4.98 Å². The highest BCUT2D eigenvalue weighted by Crippen LogP contribution is 2.33. The molecule has 3 heterocycles. The molecule has 2 saturated heterocycles. The second-order valence-electron chi connectivity index (χ2n) is 6.99. The van der Waals surface area contributed by atoms with E-state index in [2.05, 4.69) is 35.9 Å². The van der Waals surface area contributed by atoms with Crippen molar-refractivity contribution in [3.8, 4) is 0 Å². The monoisotopic (exact) mass is 301 g/mol. The first-order valence-electron chi connectivity index (χ1n) is 9.25. The maximum absolute atomic E-state index is 4.83. The Morgan fingerprint density at radius 1 is 1.09 bits per heavy atom. The number of pyridine rings is 1. The molecule has 22 heavy (non-hydrogen) atoms. The summed E-state index contributed by atoms with van der Waals surface area (Å²) in [5, 5.41) is 0. The Hall–Kier alpha value is -1.09. The fourth-order valence-electron chi connectivity index (χ4n) is 4.09. The van der Waals surface area contributed by atoms with E-state index in [1.54, 1.807) is 0 Å². The number of hydrogen-bond donors (Lipinski definition) is 0. The second-order valence-corrected chi connectivity index (χ2v) is 6.99. The van der Waals surface area contributed by atoms with Gasteiger partial charge in [-0.05, 0) is 75.7 Å². The predicted octanol–water partition coefficient (Wildman–Crippen LogP) is 4.32. The number of aromatic nitrogens is 1. The first-order valence-corrected chi connectivity index (χ1v) is 9.25. The zero-order chi connectivity index (χ0) is 15.4. The van der Waals surface area contributed by atoms with Crippen molar-refractivity contribution in [3.63, 3.8) is 0 Å². The van der Waals surface area contributed by atoms with Crippen LogP contribution in [0.2, 0.25) is 0 Å². The Labute approximate surface area is 135 Å². The summed E-state index contributed by atoms with van der Waals surface area (Å²) in [5.41, 5.74) is 2.90. The molecule has 0 N–H and O–H groups in total. The molecule has 1 atom stereocenters. The summed E-state index contributed by atoms with van der Waals surface area (Å²) in [6, 6.07) is 2.93. The van der Waals surface area contributed by atoms with E-state index in [0.29, 0.717) is 6.04 Å². The van der Waals surface area contributed by atoms with Gasteiger partial charge in [-0.1, -0.05) is 13.3 Å². The number of likely N-dealkylation sites (tertiary alicyclic amines) is 1. The van der Waals surface area contributed by atoms with Gasteiger partial charge in [0, 0.05) is 25.3 Å². The summed E-state index contributed by atoms with van der Waals surface area (Å²) in [4.78, 5) is 9.97. The Balaban J connectivity index is 1.78. The third-order valence-corrected chi connectivity index (χ3v) is 5.30. The highest BCUT2D eigenvalue weighted by molar-refractivity contribution is 5.44. The highest BCUT2D eigenvalue weighted by Gasteiger charge is 2.25. The number of anilines is 1. The summed E-state index contributed by atoms with van der Waals surface area (Å²) in [7, 11) is 0. The van der Waals surface area contributed by atoms with Gasteiger partial charge in [0.05, 0.1) is 0 Å². The minimum absolute atomic E-state index is 0.594. The average Bonchev–Trinajstić information content (AvgIpc) is 2.57. The Bertz CT molecular complexity index is 478. The number of nitrogens with zero attached hydrogens (tertiary/aromatic N) is 3. The van der Waals surface area contributed by atoms with Crippen molar-refractivity contribution in [3.05, 3.63) is 23.4 Å². The molecule has 2 aliphatic heterocycles. The smallest absolute Gasteiger partial charge is 0.128 e. The van der Waals surface area contributed by atoms with Crippen LogP contribution >= 0.6 is 0 Å². The maximum atomic E-state index is 4.83. The lowest BCUT2D eigenvalue weighted by molar-refractivity contribution is 0.148. The van der Waals surface area contributed by atoms with E-state index in [9.17, 15) is 0 Å². The molecule has 0 aliphatic carbocycles. The minimum atomic E-state index is 0.594. The first kappa shape index (κ1) is 15.8. The van der Waals surface area contributed by atoms with Gasteiger partial charge >= 0.3 is 0 Å². The summed E-state index contributed by atoms with van der Waals surface area (Å²) >= 11 is 0. The summed E-state index contributed by atoms with van der Waals surface area (Å²) in [6.45, 7) is 9.40. The summed E-state index contributed by atoms with van der Waals surface area (Å²) in [6.07, 6.45) is 11.4. The minimum Gasteiger partial charge on any atom is -0.357 e. The van der Waals surface area contributed by atoms with Crippen LogP contribution in [0, 0.1) is 6.92 Å². The van der Waals surface area contributed by atoms with Crippen LogP contribution in [0.3, 0.4) is 0 Å². The molecule has 3 heteroatoms. The molecule has 0 aromatic carbocycles. The molecular formula is C19H31N3. The average molecular weight is 301 g/mol. The van der Waals surface area contributed by atoms with Crippen LogP contribution in [-0.4, -0.2) is 36.1 Å². The van der Waals surface area contributed by atoms with Crippen molar-refractivity contribution in [2.45, 2.75) is 64.8 Å². The topological polar surface area (TPSA) is 19.4 Å². The lowest BCUT2D eigenvalue weighted by Crippen LogP contribution is -2.34. The normalized spacial score (nSPS) is 23.7. The zero-order valence-electron chi connectivity index (χ0n) is 14.4. The Morgan fingerprint density at radius 2 is 1.86 bits per heavy atom. The SMILES string of the molecule is CCCN1CCCCC1c1cnc(N2CCCCC2)cc1C. The van der Waals surface area contributed by atoms with Crippen LogP contribution in [-0.2, 0) is 0 Å². The largest absolute Gasteiger partial charge is 0.357 e. The fourth-order valence-corrected chi connectivity index (χ4v) is 4.09. The van der Waals surface area contributed by atoms with Crippen LogP contribution < -0.4 is 4.90 Å². The van der Waals surface area contributed by atoms with Crippen LogP contribution in [0.4, 0.5) is 5.82 Å². The molecule has 0 spiro atoms. The van der Waals surface area contributed by atoms with Gasteiger partial charge < -0.3 is 4.90 Å². The molecule has 1 unspecified atom stereocenters. The molecular weight excluding hydrogens is 270 g/mol. The molecule has 0 amide bonds. The first-order chi connectivity index (χ1) is 10.8. The fraction of sp³-hybridized carbons (Fsp3) is 0.737. The number of hydrogen-bond acceptors (Lipinski definition) is 3. The standard InChI is InChI=1S/C19H31N3/c1-3-10-21-11-8-5-9-18(21)17-15-20-19(14-16(17)2)22-12-6-4-7-13-22/h14-15,18H,3-13H2,1-2H3. The van der Waals surface area contributed by atoms with Crippen molar-refractivity contribution >= 4 is 5.82 Å². The van der Waals surface area contributed by atoms with Crippen LogP contribution in [0.15, 0.2) is 12.3 Å². The van der Waals surface area contributed by atoms with Crippen LogP contribution in [0.1, 0.15) is 69.0 Å². The van der Waals surface area contributed by atoms with Crippen molar-refractivity contribution < 1.29 is 0 Å². The molecule has 2 aliphatic rings. The second kappa shape index (κ2) is 7.45. The number of rotatable bonds is 4. The van der Waals surface area contributed by atoms with E-state index in [-0.39, 0.29) is 0 Å². The lowest BCUT2D eigenvalue weighted by atomic mass is 9.93. The van der Waals surface area contributed by atoms with Crippen molar-refractivity contribution in [1.82, 2.24) is 9.88 Å². The molecule has 3 rings (SSSR count). The molecule has 0 bridgehead atoms. The molecule has 1 aromatic rings. The number of piperidine rings is 2. The Morgan fingerprint density at radius 3 is 2.59 bits per heavy atom. The quantitative estimate of drug-likeness (QED) is 0.825. The van der Waals surface area contributed by atoms with Gasteiger partial charge in [0.1, 0.15) is 5.82 Å². The van der Waals surface area contributed by atoms with Gasteiger partial charge in [-0.3, -0.25) is 4.90 Å². The Kier molecular flexibility index (Phi) is 5.35. The van der Waals surface area contributed by atoms with E-state index in [0.717, 1.165) is 0 Å².